The number of aryl methyl sites for hydroxylation is 2. The first kappa shape index (κ1) is 14.2. The van der Waals surface area contributed by atoms with Crippen molar-refractivity contribution in [3.05, 3.63) is 34.9 Å². The molecule has 4 nitrogen and oxygen atoms in total. The fraction of sp³-hybridized carbons (Fsp3) is 0.429. The van der Waals surface area contributed by atoms with E-state index in [1.165, 1.54) is 0 Å². The van der Waals surface area contributed by atoms with Gasteiger partial charge in [-0.1, -0.05) is 43.2 Å². The van der Waals surface area contributed by atoms with E-state index in [4.69, 9.17) is 0 Å². The number of carboxylic acids is 1. The summed E-state index contributed by atoms with van der Waals surface area (Å²) in [6, 6.07) is 4.55. The molecule has 0 aromatic heterocycles. The van der Waals surface area contributed by atoms with E-state index in [0.29, 0.717) is 5.56 Å². The largest absolute Gasteiger partial charge is 0.479 e. The molecule has 0 aliphatic carbocycles. The van der Waals surface area contributed by atoms with Crippen molar-refractivity contribution in [3.63, 3.8) is 0 Å². The number of amides is 1. The second-order valence-electron chi connectivity index (χ2n) is 4.86. The van der Waals surface area contributed by atoms with Crippen LogP contribution >= 0.6 is 0 Å². The van der Waals surface area contributed by atoms with Crippen molar-refractivity contribution in [2.75, 3.05) is 0 Å². The van der Waals surface area contributed by atoms with Gasteiger partial charge in [0.25, 0.3) is 0 Å². The first-order valence-corrected chi connectivity index (χ1v) is 5.92. The van der Waals surface area contributed by atoms with Crippen molar-refractivity contribution < 1.29 is 14.7 Å². The molecule has 98 valence electrons. The normalized spacial score (nSPS) is 12.3. The third kappa shape index (κ3) is 3.58. The zero-order valence-corrected chi connectivity index (χ0v) is 11.2. The van der Waals surface area contributed by atoms with Gasteiger partial charge < -0.3 is 10.4 Å². The molecule has 1 aromatic carbocycles. The van der Waals surface area contributed by atoms with Crippen LogP contribution in [0.3, 0.4) is 0 Å². The summed E-state index contributed by atoms with van der Waals surface area (Å²) >= 11 is 0. The summed E-state index contributed by atoms with van der Waals surface area (Å²) in [5, 5.41) is 11.8. The zero-order chi connectivity index (χ0) is 13.9. The molecule has 1 aromatic rings. The minimum atomic E-state index is -1.05. The number of hydrogen-bond donors (Lipinski definition) is 2. The number of nitrogens with one attached hydrogen (secondary N) is 1. The highest BCUT2D eigenvalue weighted by Gasteiger charge is 2.23. The van der Waals surface area contributed by atoms with Crippen LogP contribution in [0.4, 0.5) is 0 Å². The molecule has 0 fully saturated rings. The van der Waals surface area contributed by atoms with Crippen LogP contribution in [0.25, 0.3) is 0 Å². The van der Waals surface area contributed by atoms with Crippen LogP contribution < -0.4 is 5.32 Å². The molecule has 1 unspecified atom stereocenters. The SMILES string of the molecule is Cc1cc(C)cc(C(NC(=O)C(C)C)C(=O)O)c1. The predicted octanol–water partition coefficient (Wildman–Crippen LogP) is 2.20. The molecule has 0 radical (unpaired) electrons. The molecule has 0 bridgehead atoms. The summed E-state index contributed by atoms with van der Waals surface area (Å²) in [7, 11) is 0. The monoisotopic (exact) mass is 249 g/mol. The molecule has 0 spiro atoms. The Morgan fingerprint density at radius 1 is 1.11 bits per heavy atom. The third-order valence-corrected chi connectivity index (χ3v) is 2.64. The van der Waals surface area contributed by atoms with Crippen LogP contribution in [-0.4, -0.2) is 17.0 Å². The molecule has 0 saturated carbocycles. The third-order valence-electron chi connectivity index (χ3n) is 2.64. The molecule has 1 rings (SSSR count). The maximum absolute atomic E-state index is 11.6. The summed E-state index contributed by atoms with van der Waals surface area (Å²) in [5.41, 5.74) is 2.57. The Morgan fingerprint density at radius 2 is 1.61 bits per heavy atom. The van der Waals surface area contributed by atoms with Crippen molar-refractivity contribution in [3.8, 4) is 0 Å². The lowest BCUT2D eigenvalue weighted by Gasteiger charge is -2.17. The summed E-state index contributed by atoms with van der Waals surface area (Å²) in [5.74, 6) is -1.55. The van der Waals surface area contributed by atoms with E-state index >= 15 is 0 Å². The first-order valence-electron chi connectivity index (χ1n) is 5.92. The molecule has 0 saturated heterocycles. The maximum atomic E-state index is 11.6. The Kier molecular flexibility index (Phi) is 4.48. The van der Waals surface area contributed by atoms with Gasteiger partial charge in [0.2, 0.25) is 5.91 Å². The number of carbonyl (C=O) groups is 2. The lowest BCUT2D eigenvalue weighted by Crippen LogP contribution is -2.36. The molecular weight excluding hydrogens is 230 g/mol. The van der Waals surface area contributed by atoms with Crippen molar-refractivity contribution >= 4 is 11.9 Å². The highest BCUT2D eigenvalue weighted by atomic mass is 16.4. The van der Waals surface area contributed by atoms with Gasteiger partial charge in [0.15, 0.2) is 6.04 Å². The van der Waals surface area contributed by atoms with Crippen molar-refractivity contribution in [1.82, 2.24) is 5.32 Å². The molecule has 18 heavy (non-hydrogen) atoms. The van der Waals surface area contributed by atoms with Gasteiger partial charge in [0, 0.05) is 5.92 Å². The van der Waals surface area contributed by atoms with E-state index in [1.807, 2.05) is 19.9 Å². The average molecular weight is 249 g/mol. The van der Waals surface area contributed by atoms with E-state index in [9.17, 15) is 14.7 Å². The van der Waals surface area contributed by atoms with Crippen LogP contribution in [0, 0.1) is 19.8 Å². The maximum Gasteiger partial charge on any atom is 0.330 e. The van der Waals surface area contributed by atoms with Crippen molar-refractivity contribution in [2.45, 2.75) is 33.7 Å². The van der Waals surface area contributed by atoms with Crippen molar-refractivity contribution in [2.24, 2.45) is 5.92 Å². The molecule has 0 aliphatic heterocycles. The van der Waals surface area contributed by atoms with Gasteiger partial charge in [-0.05, 0) is 19.4 Å². The minimum Gasteiger partial charge on any atom is -0.479 e. The number of aliphatic carboxylic acids is 1. The van der Waals surface area contributed by atoms with Gasteiger partial charge in [0.1, 0.15) is 0 Å². The molecule has 0 aliphatic rings. The van der Waals surface area contributed by atoms with E-state index in [-0.39, 0.29) is 11.8 Å². The minimum absolute atomic E-state index is 0.238. The standard InChI is InChI=1S/C14H19NO3/c1-8(2)13(16)15-12(14(17)18)11-6-9(3)5-10(4)7-11/h5-8,12H,1-4H3,(H,15,16)(H,17,18). The lowest BCUT2D eigenvalue weighted by molar-refractivity contribution is -0.142. The molecule has 2 N–H and O–H groups in total. The molecule has 1 atom stereocenters. The van der Waals surface area contributed by atoms with Gasteiger partial charge >= 0.3 is 5.97 Å². The number of rotatable bonds is 4. The second-order valence-corrected chi connectivity index (χ2v) is 4.86. The van der Waals surface area contributed by atoms with Crippen LogP contribution in [0.1, 0.15) is 36.6 Å². The number of carbonyl (C=O) groups excluding carboxylic acids is 1. The molecule has 4 heteroatoms. The van der Waals surface area contributed by atoms with E-state index in [0.717, 1.165) is 11.1 Å². The second kappa shape index (κ2) is 5.67. The Labute approximate surface area is 107 Å². The average Bonchev–Trinajstić information content (AvgIpc) is 2.23. The first-order chi connectivity index (χ1) is 8.31. The van der Waals surface area contributed by atoms with Gasteiger partial charge in [-0.25, -0.2) is 4.79 Å². The number of hydrogen-bond acceptors (Lipinski definition) is 2. The Morgan fingerprint density at radius 3 is 2.00 bits per heavy atom. The van der Waals surface area contributed by atoms with E-state index in [1.54, 1.807) is 26.0 Å². The van der Waals surface area contributed by atoms with Gasteiger partial charge in [0.05, 0.1) is 0 Å². The van der Waals surface area contributed by atoms with E-state index in [2.05, 4.69) is 5.32 Å². The summed E-state index contributed by atoms with van der Waals surface area (Å²) in [6.45, 7) is 7.27. The highest BCUT2D eigenvalue weighted by molar-refractivity contribution is 5.85. The van der Waals surface area contributed by atoms with Gasteiger partial charge in [-0.2, -0.15) is 0 Å². The molecule has 0 heterocycles. The zero-order valence-electron chi connectivity index (χ0n) is 11.2. The Hall–Kier alpha value is -1.84. The number of benzene rings is 1. The molecule has 1 amide bonds. The van der Waals surface area contributed by atoms with Crippen LogP contribution in [0.15, 0.2) is 18.2 Å². The summed E-state index contributed by atoms with van der Waals surface area (Å²) < 4.78 is 0. The number of carboxylic acid groups (broad SMARTS) is 1. The van der Waals surface area contributed by atoms with Crippen molar-refractivity contribution in [1.29, 1.82) is 0 Å². The summed E-state index contributed by atoms with van der Waals surface area (Å²) in [4.78, 5) is 22.9. The van der Waals surface area contributed by atoms with Gasteiger partial charge in [-0.3, -0.25) is 4.79 Å². The topological polar surface area (TPSA) is 66.4 Å². The lowest BCUT2D eigenvalue weighted by atomic mass is 10.0. The molecular formula is C14H19NO3. The van der Waals surface area contributed by atoms with Crippen LogP contribution in [0.2, 0.25) is 0 Å². The smallest absolute Gasteiger partial charge is 0.330 e. The van der Waals surface area contributed by atoms with Crippen LogP contribution in [-0.2, 0) is 9.59 Å². The fourth-order valence-corrected chi connectivity index (χ4v) is 1.77. The summed E-state index contributed by atoms with van der Waals surface area (Å²) in [6.07, 6.45) is 0. The van der Waals surface area contributed by atoms with E-state index < -0.39 is 12.0 Å². The van der Waals surface area contributed by atoms with Gasteiger partial charge in [-0.15, -0.1) is 0 Å². The Bertz CT molecular complexity index is 446. The predicted molar refractivity (Wildman–Crippen MR) is 69.3 cm³/mol. The highest BCUT2D eigenvalue weighted by Crippen LogP contribution is 2.18. The Balaban J connectivity index is 3.05. The fourth-order valence-electron chi connectivity index (χ4n) is 1.77. The quantitative estimate of drug-likeness (QED) is 0.859. The van der Waals surface area contributed by atoms with Crippen LogP contribution in [0.5, 0.6) is 0 Å².